The van der Waals surface area contributed by atoms with Crippen molar-refractivity contribution in [3.63, 3.8) is 0 Å². The van der Waals surface area contributed by atoms with Crippen LogP contribution in [0.25, 0.3) is 0 Å². The van der Waals surface area contributed by atoms with Gasteiger partial charge in [0.2, 0.25) is 0 Å². The van der Waals surface area contributed by atoms with E-state index >= 15 is 0 Å². The van der Waals surface area contributed by atoms with E-state index in [1.807, 2.05) is 24.3 Å². The number of carboxylic acids is 1. The zero-order chi connectivity index (χ0) is 25.4. The summed E-state index contributed by atoms with van der Waals surface area (Å²) in [5, 5.41) is 18.9. The molecule has 0 saturated heterocycles. The van der Waals surface area contributed by atoms with Crippen LogP contribution in [0.3, 0.4) is 0 Å². The summed E-state index contributed by atoms with van der Waals surface area (Å²) < 4.78 is 18.1. The molecule has 0 fully saturated rings. The number of nitrogens with zero attached hydrogens (tertiary/aromatic N) is 1. The highest BCUT2D eigenvalue weighted by Crippen LogP contribution is 2.40. The first kappa shape index (κ1) is 23.5. The molecule has 8 nitrogen and oxygen atoms in total. The van der Waals surface area contributed by atoms with Gasteiger partial charge in [0, 0.05) is 6.42 Å². The van der Waals surface area contributed by atoms with Crippen LogP contribution in [0.2, 0.25) is 0 Å². The third-order valence-corrected chi connectivity index (χ3v) is 6.82. The number of aryl methyl sites for hydroxylation is 2. The van der Waals surface area contributed by atoms with Crippen molar-refractivity contribution in [1.82, 2.24) is 4.90 Å². The second-order valence-electron chi connectivity index (χ2n) is 9.23. The Morgan fingerprint density at radius 3 is 2.42 bits per heavy atom. The molecule has 2 aliphatic heterocycles. The Balaban J connectivity index is 1.27. The lowest BCUT2D eigenvalue weighted by Gasteiger charge is -2.34. The Morgan fingerprint density at radius 2 is 1.72 bits per heavy atom. The number of hydrogen-bond donors (Lipinski definition) is 2. The summed E-state index contributed by atoms with van der Waals surface area (Å²) in [5.74, 6) is 0.634. The lowest BCUT2D eigenvalue weighted by atomic mass is 9.93. The van der Waals surface area contributed by atoms with Crippen LogP contribution in [0.15, 0.2) is 54.6 Å². The van der Waals surface area contributed by atoms with E-state index in [2.05, 4.69) is 32.0 Å². The zero-order valence-electron chi connectivity index (χ0n) is 20.1. The number of carbonyl (C=O) groups is 2. The number of amides is 1. The number of hydrogen-bond acceptors (Lipinski definition) is 5. The molecule has 0 spiro atoms. The smallest absolute Gasteiger partial charge is 0.408 e. The number of ether oxygens (including phenoxy) is 3. The monoisotopic (exact) mass is 489 g/mol. The molecule has 1 unspecified atom stereocenters. The molecule has 2 aliphatic rings. The van der Waals surface area contributed by atoms with E-state index < -0.39 is 18.1 Å². The van der Waals surface area contributed by atoms with Crippen LogP contribution in [0.4, 0.5) is 4.79 Å². The molecule has 0 bridgehead atoms. The molecule has 2 atom stereocenters. The minimum Gasteiger partial charge on any atom is -0.489 e. The van der Waals surface area contributed by atoms with Gasteiger partial charge in [-0.2, -0.15) is 0 Å². The molecule has 5 rings (SSSR count). The number of aliphatic carboxylic acids is 1. The van der Waals surface area contributed by atoms with E-state index in [-0.39, 0.29) is 19.1 Å². The molecule has 0 aliphatic carbocycles. The third kappa shape index (κ3) is 4.66. The second-order valence-corrected chi connectivity index (χ2v) is 9.23. The van der Waals surface area contributed by atoms with Crippen molar-refractivity contribution in [3.05, 3.63) is 88.0 Å². The molecular weight excluding hydrogens is 462 g/mol. The first-order chi connectivity index (χ1) is 17.3. The maximum Gasteiger partial charge on any atom is 0.408 e. The molecular formula is C28H27NO7. The van der Waals surface area contributed by atoms with Crippen molar-refractivity contribution < 1.29 is 34.0 Å². The Hall–Kier alpha value is -4.20. The highest BCUT2D eigenvalue weighted by Gasteiger charge is 2.36. The van der Waals surface area contributed by atoms with Gasteiger partial charge >= 0.3 is 12.1 Å². The molecule has 36 heavy (non-hydrogen) atoms. The van der Waals surface area contributed by atoms with Crippen LogP contribution in [0.1, 0.15) is 39.5 Å². The Labute approximate surface area is 208 Å². The molecule has 2 N–H and O–H groups in total. The van der Waals surface area contributed by atoms with Crippen LogP contribution in [-0.4, -0.2) is 39.8 Å². The van der Waals surface area contributed by atoms with Gasteiger partial charge in [-0.05, 0) is 71.5 Å². The van der Waals surface area contributed by atoms with Crippen LogP contribution < -0.4 is 14.2 Å². The van der Waals surface area contributed by atoms with Gasteiger partial charge in [-0.15, -0.1) is 0 Å². The van der Waals surface area contributed by atoms with Gasteiger partial charge in [-0.25, -0.2) is 9.59 Å². The summed E-state index contributed by atoms with van der Waals surface area (Å²) in [6, 6.07) is 16.4. The maximum atomic E-state index is 11.6. The Bertz CT molecular complexity index is 1320. The number of rotatable bonds is 5. The van der Waals surface area contributed by atoms with E-state index in [9.17, 15) is 19.8 Å². The molecule has 0 saturated carbocycles. The van der Waals surface area contributed by atoms with Crippen LogP contribution >= 0.6 is 0 Å². The zero-order valence-corrected chi connectivity index (χ0v) is 20.1. The summed E-state index contributed by atoms with van der Waals surface area (Å²) >= 11 is 0. The van der Waals surface area contributed by atoms with Crippen molar-refractivity contribution in [2.45, 2.75) is 45.6 Å². The number of carboxylic acid groups (broad SMARTS) is 2. The van der Waals surface area contributed by atoms with E-state index in [4.69, 9.17) is 14.2 Å². The molecule has 2 heterocycles. The maximum absolute atomic E-state index is 11.6. The van der Waals surface area contributed by atoms with Crippen molar-refractivity contribution in [1.29, 1.82) is 0 Å². The highest BCUT2D eigenvalue weighted by molar-refractivity contribution is 5.80. The summed E-state index contributed by atoms with van der Waals surface area (Å²) in [5.41, 5.74) is 6.00. The number of benzene rings is 3. The van der Waals surface area contributed by atoms with Crippen molar-refractivity contribution in [2.75, 3.05) is 6.61 Å². The summed E-state index contributed by atoms with van der Waals surface area (Å²) in [7, 11) is 0. The van der Waals surface area contributed by atoms with Gasteiger partial charge in [-0.3, -0.25) is 4.90 Å². The van der Waals surface area contributed by atoms with E-state index in [1.54, 1.807) is 12.1 Å². The van der Waals surface area contributed by atoms with Gasteiger partial charge in [0.1, 0.15) is 25.0 Å². The van der Waals surface area contributed by atoms with Gasteiger partial charge in [-0.1, -0.05) is 30.3 Å². The van der Waals surface area contributed by atoms with Crippen molar-refractivity contribution in [3.8, 4) is 17.2 Å². The van der Waals surface area contributed by atoms with E-state index in [1.165, 1.54) is 11.1 Å². The van der Waals surface area contributed by atoms with Gasteiger partial charge in [0.15, 0.2) is 17.6 Å². The average Bonchev–Trinajstić information content (AvgIpc) is 2.87. The largest absolute Gasteiger partial charge is 0.489 e. The average molecular weight is 490 g/mol. The predicted octanol–water partition coefficient (Wildman–Crippen LogP) is 4.88. The first-order valence-electron chi connectivity index (χ1n) is 11.7. The van der Waals surface area contributed by atoms with E-state index in [0.29, 0.717) is 30.3 Å². The molecule has 186 valence electrons. The quantitative estimate of drug-likeness (QED) is 0.526. The molecule has 3 aromatic carbocycles. The lowest BCUT2D eigenvalue weighted by Crippen LogP contribution is -2.48. The van der Waals surface area contributed by atoms with Gasteiger partial charge in [0.05, 0.1) is 6.54 Å². The molecule has 0 radical (unpaired) electrons. The molecule has 0 aromatic heterocycles. The van der Waals surface area contributed by atoms with E-state index in [0.717, 1.165) is 27.3 Å². The van der Waals surface area contributed by atoms with Crippen molar-refractivity contribution >= 4 is 12.1 Å². The topological polar surface area (TPSA) is 106 Å². The van der Waals surface area contributed by atoms with Gasteiger partial charge < -0.3 is 24.4 Å². The second kappa shape index (κ2) is 9.45. The highest BCUT2D eigenvalue weighted by atomic mass is 16.6. The Morgan fingerprint density at radius 1 is 0.972 bits per heavy atom. The minimum absolute atomic E-state index is 0.0184. The molecule has 3 aromatic rings. The fourth-order valence-electron chi connectivity index (χ4n) is 4.58. The summed E-state index contributed by atoms with van der Waals surface area (Å²) in [6.45, 7) is 4.94. The first-order valence-corrected chi connectivity index (χ1v) is 11.7. The summed E-state index contributed by atoms with van der Waals surface area (Å²) in [6.07, 6.45) is -1.52. The predicted molar refractivity (Wildman–Crippen MR) is 131 cm³/mol. The van der Waals surface area contributed by atoms with Crippen molar-refractivity contribution in [2.24, 2.45) is 0 Å². The van der Waals surface area contributed by atoms with Crippen LogP contribution in [-0.2, 0) is 24.4 Å². The Kier molecular flexibility index (Phi) is 6.18. The lowest BCUT2D eigenvalue weighted by molar-refractivity contribution is -0.143. The van der Waals surface area contributed by atoms with Gasteiger partial charge in [0.25, 0.3) is 0 Å². The summed E-state index contributed by atoms with van der Waals surface area (Å²) in [4.78, 5) is 24.1. The molecule has 8 heteroatoms. The normalized spacial score (nSPS) is 18.3. The minimum atomic E-state index is -1.26. The fourth-order valence-corrected chi connectivity index (χ4v) is 4.58. The number of fused-ring (bicyclic) bond motifs is 2. The standard InChI is InChI=1S/C28H27NO7/c1-16-3-4-18(9-17(16)2)14-34-22-7-5-19(6-8-22)26-15-35-24-11-20-10-23(27(30)31)29(28(32)33)13-21(20)12-25(24)36-26/h3-9,11-12,23,26H,10,13-15H2,1-2H3,(H,30,31)(H,32,33)/t23?,26-/m1/s1. The SMILES string of the molecule is Cc1ccc(COc2ccc([C@H]3COc4cc5c(cc4O3)CN(C(=O)O)C(C(=O)O)C5)cc2)cc1C. The fraction of sp³-hybridized carbons (Fsp3) is 0.286. The van der Waals surface area contributed by atoms with Crippen LogP contribution in [0.5, 0.6) is 17.2 Å². The van der Waals surface area contributed by atoms with Crippen LogP contribution in [0, 0.1) is 13.8 Å². The molecule has 1 amide bonds. The third-order valence-electron chi connectivity index (χ3n) is 6.82.